The topological polar surface area (TPSA) is 63.4 Å². The van der Waals surface area contributed by atoms with Crippen LogP contribution in [0.25, 0.3) is 0 Å². The summed E-state index contributed by atoms with van der Waals surface area (Å²) in [5.41, 5.74) is 4.92. The lowest BCUT2D eigenvalue weighted by atomic mass is 10.3. The number of hydrogen-bond donors (Lipinski definition) is 1. The van der Waals surface area contributed by atoms with Gasteiger partial charge in [-0.2, -0.15) is 17.5 Å². The number of sulfonamides is 1. The first-order valence-electron chi connectivity index (χ1n) is 5.59. The van der Waals surface area contributed by atoms with Crippen molar-refractivity contribution in [3.8, 4) is 0 Å². The van der Waals surface area contributed by atoms with Gasteiger partial charge < -0.3 is 5.73 Å². The zero-order valence-corrected chi connectivity index (χ0v) is 11.6. The smallest absolute Gasteiger partial charge is 0.396 e. The number of rotatable bonds is 4. The molecule has 1 aromatic rings. The first-order valence-corrected chi connectivity index (χ1v) is 7.03. The van der Waals surface area contributed by atoms with Crippen molar-refractivity contribution in [3.05, 3.63) is 24.0 Å². The number of nitrogen functional groups attached to an aromatic ring is 1. The molecule has 0 fully saturated rings. The maximum absolute atomic E-state index is 13.3. The van der Waals surface area contributed by atoms with E-state index in [1.807, 2.05) is 0 Å². The summed E-state index contributed by atoms with van der Waals surface area (Å²) in [6, 6.07) is 1.65. The molecule has 0 saturated heterocycles. The van der Waals surface area contributed by atoms with E-state index >= 15 is 0 Å². The van der Waals surface area contributed by atoms with Gasteiger partial charge >= 0.3 is 6.18 Å². The summed E-state index contributed by atoms with van der Waals surface area (Å²) in [5.74, 6) is -0.998. The first kappa shape index (κ1) is 16.7. The molecule has 0 heterocycles. The van der Waals surface area contributed by atoms with Crippen LogP contribution in [0.3, 0.4) is 0 Å². The van der Waals surface area contributed by atoms with E-state index in [2.05, 4.69) is 0 Å². The quantitative estimate of drug-likeness (QED) is 0.685. The van der Waals surface area contributed by atoms with Crippen LogP contribution in [-0.4, -0.2) is 31.5 Å². The molecule has 0 aliphatic heterocycles. The molecule has 0 spiro atoms. The SMILES string of the molecule is CC(C)N(CC(F)(F)F)S(=O)(=O)c1ccc(N)c(F)c1. The van der Waals surface area contributed by atoms with E-state index in [1.54, 1.807) is 0 Å². The third-order valence-electron chi connectivity index (χ3n) is 2.49. The summed E-state index contributed by atoms with van der Waals surface area (Å²) >= 11 is 0. The summed E-state index contributed by atoms with van der Waals surface area (Å²) in [6.07, 6.45) is -4.69. The number of hydrogen-bond acceptors (Lipinski definition) is 3. The fourth-order valence-corrected chi connectivity index (χ4v) is 3.16. The Balaban J connectivity index is 3.26. The molecule has 2 N–H and O–H groups in total. The molecule has 0 radical (unpaired) electrons. The minimum absolute atomic E-state index is 0.262. The van der Waals surface area contributed by atoms with Gasteiger partial charge in [-0.25, -0.2) is 12.8 Å². The molecule has 0 aliphatic carbocycles. The van der Waals surface area contributed by atoms with Crippen LogP contribution in [0.4, 0.5) is 23.2 Å². The largest absolute Gasteiger partial charge is 0.402 e. The first-order chi connectivity index (χ1) is 8.95. The number of nitrogens with zero attached hydrogens (tertiary/aromatic N) is 1. The number of halogens is 4. The lowest BCUT2D eigenvalue weighted by Gasteiger charge is -2.26. The molecule has 0 aromatic heterocycles. The summed E-state index contributed by atoms with van der Waals surface area (Å²) in [6.45, 7) is 0.965. The minimum atomic E-state index is -4.69. The highest BCUT2D eigenvalue weighted by Gasteiger charge is 2.38. The molecule has 0 aliphatic rings. The number of benzene rings is 1. The summed E-state index contributed by atoms with van der Waals surface area (Å²) < 4.78 is 75.2. The van der Waals surface area contributed by atoms with Crippen molar-refractivity contribution in [1.82, 2.24) is 4.31 Å². The average molecular weight is 314 g/mol. The maximum atomic E-state index is 13.3. The van der Waals surface area contributed by atoms with Gasteiger partial charge in [0, 0.05) is 6.04 Å². The van der Waals surface area contributed by atoms with E-state index in [9.17, 15) is 26.0 Å². The van der Waals surface area contributed by atoms with Crippen LogP contribution in [0, 0.1) is 5.82 Å². The molecule has 4 nitrogen and oxygen atoms in total. The number of anilines is 1. The van der Waals surface area contributed by atoms with E-state index in [4.69, 9.17) is 5.73 Å². The Labute approximate surface area is 114 Å². The molecular formula is C11H14F4N2O2S. The van der Waals surface area contributed by atoms with Crippen LogP contribution in [0.15, 0.2) is 23.1 Å². The summed E-state index contributed by atoms with van der Waals surface area (Å²) in [7, 11) is -4.45. The third-order valence-corrected chi connectivity index (χ3v) is 4.51. The normalized spacial score (nSPS) is 13.2. The predicted molar refractivity (Wildman–Crippen MR) is 65.9 cm³/mol. The van der Waals surface area contributed by atoms with Crippen molar-refractivity contribution >= 4 is 15.7 Å². The number of nitrogens with two attached hydrogens (primary N) is 1. The van der Waals surface area contributed by atoms with Crippen molar-refractivity contribution < 1.29 is 26.0 Å². The molecule has 1 rings (SSSR count). The Bertz CT molecular complexity index is 585. The van der Waals surface area contributed by atoms with Gasteiger partial charge in [-0.3, -0.25) is 0 Å². The third kappa shape index (κ3) is 3.83. The Morgan fingerprint density at radius 3 is 2.25 bits per heavy atom. The highest BCUT2D eigenvalue weighted by atomic mass is 32.2. The molecular weight excluding hydrogens is 300 g/mol. The van der Waals surface area contributed by atoms with Crippen molar-refractivity contribution in [2.75, 3.05) is 12.3 Å². The monoisotopic (exact) mass is 314 g/mol. The van der Waals surface area contributed by atoms with E-state index in [0.29, 0.717) is 6.07 Å². The lowest BCUT2D eigenvalue weighted by Crippen LogP contribution is -2.43. The van der Waals surface area contributed by atoms with Crippen molar-refractivity contribution in [2.45, 2.75) is 31.0 Å². The lowest BCUT2D eigenvalue weighted by molar-refractivity contribution is -0.138. The predicted octanol–water partition coefficient (Wildman–Crippen LogP) is 2.37. The van der Waals surface area contributed by atoms with Crippen LogP contribution in [0.1, 0.15) is 13.8 Å². The molecule has 0 saturated carbocycles. The van der Waals surface area contributed by atoms with Gasteiger partial charge in [0.15, 0.2) is 0 Å². The van der Waals surface area contributed by atoms with E-state index in [0.717, 1.165) is 12.1 Å². The second-order valence-corrected chi connectivity index (χ2v) is 6.33. The second kappa shape index (κ2) is 5.57. The van der Waals surface area contributed by atoms with Crippen LogP contribution in [0.2, 0.25) is 0 Å². The summed E-state index contributed by atoms with van der Waals surface area (Å²) in [4.78, 5) is -0.567. The molecule has 0 amide bonds. The second-order valence-electron chi connectivity index (χ2n) is 4.44. The molecule has 0 unspecified atom stereocenters. The van der Waals surface area contributed by atoms with Crippen LogP contribution >= 0.6 is 0 Å². The van der Waals surface area contributed by atoms with Gasteiger partial charge in [0.05, 0.1) is 10.6 Å². The van der Waals surface area contributed by atoms with E-state index < -0.39 is 39.5 Å². The van der Waals surface area contributed by atoms with Gasteiger partial charge in [0.2, 0.25) is 10.0 Å². The van der Waals surface area contributed by atoms with Crippen molar-refractivity contribution in [3.63, 3.8) is 0 Å². The Hall–Kier alpha value is -1.35. The van der Waals surface area contributed by atoms with Crippen molar-refractivity contribution in [1.29, 1.82) is 0 Å². The zero-order chi connectivity index (χ0) is 15.7. The molecule has 0 bridgehead atoms. The van der Waals surface area contributed by atoms with Gasteiger partial charge in [0.25, 0.3) is 0 Å². The van der Waals surface area contributed by atoms with E-state index in [-0.39, 0.29) is 9.99 Å². The van der Waals surface area contributed by atoms with Gasteiger partial charge in [-0.15, -0.1) is 0 Å². The van der Waals surface area contributed by atoms with Gasteiger partial charge in [-0.05, 0) is 32.0 Å². The number of alkyl halides is 3. The Morgan fingerprint density at radius 2 is 1.85 bits per heavy atom. The molecule has 114 valence electrons. The van der Waals surface area contributed by atoms with Gasteiger partial charge in [-0.1, -0.05) is 0 Å². The van der Waals surface area contributed by atoms with Gasteiger partial charge in [0.1, 0.15) is 12.4 Å². The molecule has 20 heavy (non-hydrogen) atoms. The van der Waals surface area contributed by atoms with E-state index in [1.165, 1.54) is 13.8 Å². The van der Waals surface area contributed by atoms with Crippen LogP contribution < -0.4 is 5.73 Å². The molecule has 0 atom stereocenters. The fraction of sp³-hybridized carbons (Fsp3) is 0.455. The van der Waals surface area contributed by atoms with Crippen LogP contribution in [-0.2, 0) is 10.0 Å². The van der Waals surface area contributed by atoms with Crippen LogP contribution in [0.5, 0.6) is 0 Å². The minimum Gasteiger partial charge on any atom is -0.396 e. The standard InChI is InChI=1S/C11H14F4N2O2S/c1-7(2)17(6-11(13,14)15)20(18,19)8-3-4-10(16)9(12)5-8/h3-5,7H,6,16H2,1-2H3. The molecule has 9 heteroatoms. The highest BCUT2D eigenvalue weighted by Crippen LogP contribution is 2.26. The Morgan fingerprint density at radius 1 is 1.30 bits per heavy atom. The Kier molecular flexibility index (Phi) is 4.65. The fourth-order valence-electron chi connectivity index (χ4n) is 1.53. The van der Waals surface area contributed by atoms with Crippen molar-refractivity contribution in [2.24, 2.45) is 0 Å². The average Bonchev–Trinajstić information content (AvgIpc) is 2.28. The zero-order valence-electron chi connectivity index (χ0n) is 10.8. The highest BCUT2D eigenvalue weighted by molar-refractivity contribution is 7.89. The maximum Gasteiger partial charge on any atom is 0.402 e. The molecule has 1 aromatic carbocycles. The summed E-state index contributed by atoms with van der Waals surface area (Å²) in [5, 5.41) is 0.